The minimum atomic E-state index is -0.331. The molecule has 1 aromatic heterocycles. The Morgan fingerprint density at radius 2 is 1.91 bits per heavy atom. The van der Waals surface area contributed by atoms with Crippen molar-refractivity contribution < 1.29 is 9.53 Å². The van der Waals surface area contributed by atoms with Gasteiger partial charge in [-0.3, -0.25) is 0 Å². The van der Waals surface area contributed by atoms with Gasteiger partial charge in [-0.1, -0.05) is 56.3 Å². The normalized spacial score (nSPS) is 9.74. The zero-order valence-electron chi connectivity index (χ0n) is 14.5. The number of allylic oxidation sites excluding steroid dienone is 1. The standard InChI is InChI=1S/C17H20N2O2.C2H6/c1-4-21-17(20)16-15(10-13(2)3)18-12-19(16)11-14-8-6-5-7-9-14;1-2/h5-9,12H,2,4,10-11H2,1,3H3;1-2H3. The smallest absolute Gasteiger partial charge is 0.356 e. The summed E-state index contributed by atoms with van der Waals surface area (Å²) in [4.78, 5) is 16.6. The number of nitrogens with zero attached hydrogens (tertiary/aromatic N) is 2. The van der Waals surface area contributed by atoms with Crippen LogP contribution in [0.5, 0.6) is 0 Å². The van der Waals surface area contributed by atoms with Crippen molar-refractivity contribution in [3.8, 4) is 0 Å². The summed E-state index contributed by atoms with van der Waals surface area (Å²) in [6, 6.07) is 9.97. The lowest BCUT2D eigenvalue weighted by molar-refractivity contribution is 0.0513. The van der Waals surface area contributed by atoms with E-state index in [1.165, 1.54) is 0 Å². The van der Waals surface area contributed by atoms with Crippen LogP contribution in [0.1, 0.15) is 49.4 Å². The van der Waals surface area contributed by atoms with Gasteiger partial charge in [0.15, 0.2) is 5.69 Å². The number of carbonyl (C=O) groups excluding carboxylic acids is 1. The average molecular weight is 314 g/mol. The summed E-state index contributed by atoms with van der Waals surface area (Å²) in [5.41, 5.74) is 3.31. The fourth-order valence-corrected chi connectivity index (χ4v) is 2.17. The molecule has 2 rings (SSSR count). The Kier molecular flexibility index (Phi) is 7.81. The molecule has 1 aromatic carbocycles. The van der Waals surface area contributed by atoms with E-state index in [9.17, 15) is 4.79 Å². The van der Waals surface area contributed by atoms with Gasteiger partial charge in [0.25, 0.3) is 0 Å². The minimum Gasteiger partial charge on any atom is -0.461 e. The molecule has 1 heterocycles. The molecular formula is C19H26N2O2. The third kappa shape index (κ3) is 5.40. The summed E-state index contributed by atoms with van der Waals surface area (Å²) >= 11 is 0. The van der Waals surface area contributed by atoms with Gasteiger partial charge in [0.05, 0.1) is 18.6 Å². The molecule has 0 saturated heterocycles. The molecule has 0 spiro atoms. The van der Waals surface area contributed by atoms with Gasteiger partial charge in [-0.25, -0.2) is 9.78 Å². The molecular weight excluding hydrogens is 288 g/mol. The monoisotopic (exact) mass is 314 g/mol. The Balaban J connectivity index is 0.00000127. The number of hydrogen-bond acceptors (Lipinski definition) is 3. The molecule has 0 N–H and O–H groups in total. The van der Waals surface area contributed by atoms with Crippen LogP contribution in [0, 0.1) is 0 Å². The fraction of sp³-hybridized carbons (Fsp3) is 0.368. The van der Waals surface area contributed by atoms with E-state index in [1.54, 1.807) is 13.3 Å². The van der Waals surface area contributed by atoms with Crippen molar-refractivity contribution in [3.63, 3.8) is 0 Å². The SMILES string of the molecule is C=C(C)Cc1ncn(Cc2ccccc2)c1C(=O)OCC.CC. The van der Waals surface area contributed by atoms with Gasteiger partial charge in [0.1, 0.15) is 0 Å². The summed E-state index contributed by atoms with van der Waals surface area (Å²) in [7, 11) is 0. The van der Waals surface area contributed by atoms with Gasteiger partial charge in [-0.05, 0) is 19.4 Å². The number of rotatable bonds is 6. The van der Waals surface area contributed by atoms with Crippen LogP contribution < -0.4 is 0 Å². The second-order valence-corrected chi connectivity index (χ2v) is 5.01. The molecule has 0 aliphatic rings. The molecule has 4 heteroatoms. The summed E-state index contributed by atoms with van der Waals surface area (Å²) in [6.07, 6.45) is 2.27. The number of imidazole rings is 1. The maximum atomic E-state index is 12.2. The van der Waals surface area contributed by atoms with Crippen LogP contribution in [0.4, 0.5) is 0 Å². The lowest BCUT2D eigenvalue weighted by Gasteiger charge is -2.09. The molecule has 0 radical (unpaired) electrons. The van der Waals surface area contributed by atoms with Crippen LogP contribution in [0.25, 0.3) is 0 Å². The lowest BCUT2D eigenvalue weighted by atomic mass is 10.1. The number of esters is 1. The van der Waals surface area contributed by atoms with Crippen molar-refractivity contribution in [2.24, 2.45) is 0 Å². The van der Waals surface area contributed by atoms with Crippen LogP contribution in [0.3, 0.4) is 0 Å². The van der Waals surface area contributed by atoms with Crippen molar-refractivity contribution in [2.75, 3.05) is 6.61 Å². The molecule has 0 saturated carbocycles. The van der Waals surface area contributed by atoms with Crippen LogP contribution in [0.2, 0.25) is 0 Å². The zero-order chi connectivity index (χ0) is 17.2. The Bertz CT molecular complexity index is 630. The Hall–Kier alpha value is -2.36. The summed E-state index contributed by atoms with van der Waals surface area (Å²) in [5.74, 6) is -0.331. The number of benzene rings is 1. The van der Waals surface area contributed by atoms with E-state index < -0.39 is 0 Å². The molecule has 23 heavy (non-hydrogen) atoms. The molecule has 0 fully saturated rings. The highest BCUT2D eigenvalue weighted by atomic mass is 16.5. The second-order valence-electron chi connectivity index (χ2n) is 5.01. The Morgan fingerprint density at radius 3 is 2.48 bits per heavy atom. The Labute approximate surface area is 138 Å². The number of aromatic nitrogens is 2. The number of carbonyl (C=O) groups is 1. The quantitative estimate of drug-likeness (QED) is 0.591. The molecule has 0 aliphatic carbocycles. The van der Waals surface area contributed by atoms with Gasteiger partial charge in [0, 0.05) is 13.0 Å². The highest BCUT2D eigenvalue weighted by Gasteiger charge is 2.19. The Morgan fingerprint density at radius 1 is 1.26 bits per heavy atom. The summed E-state index contributed by atoms with van der Waals surface area (Å²) in [6.45, 7) is 12.6. The molecule has 0 aliphatic heterocycles. The third-order valence-electron chi connectivity index (χ3n) is 3.05. The maximum Gasteiger partial charge on any atom is 0.356 e. The van der Waals surface area contributed by atoms with Crippen molar-refractivity contribution in [1.82, 2.24) is 9.55 Å². The van der Waals surface area contributed by atoms with Gasteiger partial charge < -0.3 is 9.30 Å². The molecule has 0 unspecified atom stereocenters. The largest absolute Gasteiger partial charge is 0.461 e. The second kappa shape index (κ2) is 9.62. The number of hydrogen-bond donors (Lipinski definition) is 0. The zero-order valence-corrected chi connectivity index (χ0v) is 14.5. The van der Waals surface area contributed by atoms with E-state index in [0.29, 0.717) is 25.3 Å². The van der Waals surface area contributed by atoms with E-state index in [1.807, 2.05) is 55.7 Å². The van der Waals surface area contributed by atoms with E-state index >= 15 is 0 Å². The van der Waals surface area contributed by atoms with Crippen LogP contribution in [0.15, 0.2) is 48.8 Å². The molecule has 124 valence electrons. The summed E-state index contributed by atoms with van der Waals surface area (Å²) < 4.78 is 7.00. The summed E-state index contributed by atoms with van der Waals surface area (Å²) in [5, 5.41) is 0. The highest BCUT2D eigenvalue weighted by molar-refractivity contribution is 5.89. The van der Waals surface area contributed by atoms with Gasteiger partial charge in [0.2, 0.25) is 0 Å². The van der Waals surface area contributed by atoms with E-state index in [-0.39, 0.29) is 5.97 Å². The van der Waals surface area contributed by atoms with E-state index in [2.05, 4.69) is 11.6 Å². The molecule has 4 nitrogen and oxygen atoms in total. The van der Waals surface area contributed by atoms with Crippen molar-refractivity contribution in [1.29, 1.82) is 0 Å². The first-order valence-electron chi connectivity index (χ1n) is 8.01. The van der Waals surface area contributed by atoms with Crippen molar-refractivity contribution in [3.05, 3.63) is 65.8 Å². The average Bonchev–Trinajstić information content (AvgIpc) is 2.92. The van der Waals surface area contributed by atoms with E-state index in [0.717, 1.165) is 16.8 Å². The highest BCUT2D eigenvalue weighted by Crippen LogP contribution is 2.15. The third-order valence-corrected chi connectivity index (χ3v) is 3.05. The van der Waals surface area contributed by atoms with Gasteiger partial charge >= 0.3 is 5.97 Å². The van der Waals surface area contributed by atoms with Crippen LogP contribution in [-0.4, -0.2) is 22.1 Å². The molecule has 2 aromatic rings. The number of ether oxygens (including phenoxy) is 1. The topological polar surface area (TPSA) is 44.1 Å². The first-order valence-corrected chi connectivity index (χ1v) is 8.01. The first-order chi connectivity index (χ1) is 11.1. The maximum absolute atomic E-state index is 12.2. The first kappa shape index (κ1) is 18.7. The predicted octanol–water partition coefficient (Wildman–Crippen LogP) is 4.25. The molecule has 0 bridgehead atoms. The minimum absolute atomic E-state index is 0.331. The van der Waals surface area contributed by atoms with E-state index in [4.69, 9.17) is 4.74 Å². The predicted molar refractivity (Wildman–Crippen MR) is 93.6 cm³/mol. The molecule has 0 amide bonds. The lowest BCUT2D eigenvalue weighted by Crippen LogP contribution is -2.14. The van der Waals surface area contributed by atoms with Crippen LogP contribution in [-0.2, 0) is 17.7 Å². The van der Waals surface area contributed by atoms with Gasteiger partial charge in [-0.15, -0.1) is 0 Å². The van der Waals surface area contributed by atoms with Gasteiger partial charge in [-0.2, -0.15) is 0 Å². The fourth-order valence-electron chi connectivity index (χ4n) is 2.17. The van der Waals surface area contributed by atoms with Crippen molar-refractivity contribution >= 4 is 5.97 Å². The van der Waals surface area contributed by atoms with Crippen molar-refractivity contribution in [2.45, 2.75) is 40.7 Å². The molecule has 0 atom stereocenters. The van der Waals surface area contributed by atoms with Crippen LogP contribution >= 0.6 is 0 Å².